The van der Waals surface area contributed by atoms with Crippen molar-refractivity contribution < 1.29 is 17.9 Å². The lowest BCUT2D eigenvalue weighted by Crippen LogP contribution is -2.41. The van der Waals surface area contributed by atoms with Gasteiger partial charge >= 0.3 is 0 Å². The molecule has 3 aromatic rings. The number of carbonyl (C=O) groups is 1. The molecule has 0 aliphatic heterocycles. The topological polar surface area (TPSA) is 75.7 Å². The summed E-state index contributed by atoms with van der Waals surface area (Å²) in [5, 5.41) is 3.41. The van der Waals surface area contributed by atoms with E-state index in [0.29, 0.717) is 10.7 Å². The summed E-state index contributed by atoms with van der Waals surface area (Å²) in [6.45, 7) is 9.53. The van der Waals surface area contributed by atoms with Crippen LogP contribution in [-0.4, -0.2) is 28.0 Å². The number of nitrogens with zero attached hydrogens (tertiary/aromatic N) is 1. The van der Waals surface area contributed by atoms with Gasteiger partial charge in [-0.2, -0.15) is 0 Å². The fourth-order valence-corrected chi connectivity index (χ4v) is 5.68. The first-order valence-corrected chi connectivity index (χ1v) is 13.6. The van der Waals surface area contributed by atoms with Crippen LogP contribution in [0.4, 0.5) is 5.69 Å². The van der Waals surface area contributed by atoms with Crippen molar-refractivity contribution in [2.75, 3.05) is 18.0 Å². The van der Waals surface area contributed by atoms with Crippen molar-refractivity contribution in [3.8, 4) is 5.75 Å². The Hall–Kier alpha value is -3.03. The highest BCUT2D eigenvalue weighted by Gasteiger charge is 2.28. The molecule has 192 valence electrons. The Balaban J connectivity index is 1.92. The fourth-order valence-electron chi connectivity index (χ4n) is 4.14. The quantitative estimate of drug-likeness (QED) is 0.361. The average Bonchev–Trinajstić information content (AvgIpc) is 2.82. The molecule has 3 rings (SSSR count). The van der Waals surface area contributed by atoms with Crippen molar-refractivity contribution in [3.63, 3.8) is 0 Å². The van der Waals surface area contributed by atoms with E-state index in [2.05, 4.69) is 19.2 Å². The Labute approximate surface area is 219 Å². The molecule has 0 saturated carbocycles. The number of sulfonamides is 1. The molecule has 0 aromatic heterocycles. The highest BCUT2D eigenvalue weighted by molar-refractivity contribution is 7.92. The minimum absolute atomic E-state index is 0.0572. The van der Waals surface area contributed by atoms with Gasteiger partial charge in [0.25, 0.3) is 10.0 Å². The molecule has 1 amide bonds. The average molecular weight is 529 g/mol. The molecule has 0 spiro atoms. The number of hydrogen-bond acceptors (Lipinski definition) is 4. The van der Waals surface area contributed by atoms with Crippen LogP contribution in [0.5, 0.6) is 5.75 Å². The van der Waals surface area contributed by atoms with Gasteiger partial charge in [-0.05, 0) is 97.5 Å². The van der Waals surface area contributed by atoms with Gasteiger partial charge in [-0.1, -0.05) is 37.6 Å². The molecule has 0 aliphatic carbocycles. The monoisotopic (exact) mass is 528 g/mol. The van der Waals surface area contributed by atoms with Gasteiger partial charge in [-0.25, -0.2) is 8.42 Å². The third-order valence-electron chi connectivity index (χ3n) is 6.06. The molecule has 1 N–H and O–H groups in total. The summed E-state index contributed by atoms with van der Waals surface area (Å²) in [4.78, 5) is 13.3. The van der Waals surface area contributed by atoms with Gasteiger partial charge in [0.05, 0.1) is 23.7 Å². The number of carbonyl (C=O) groups excluding carboxylic acids is 1. The molecular formula is C28H33ClN2O4S. The van der Waals surface area contributed by atoms with Crippen LogP contribution in [0.15, 0.2) is 65.6 Å². The highest BCUT2D eigenvalue weighted by Crippen LogP contribution is 2.32. The Morgan fingerprint density at radius 2 is 1.67 bits per heavy atom. The molecular weight excluding hydrogens is 496 g/mol. The van der Waals surface area contributed by atoms with Gasteiger partial charge in [0.15, 0.2) is 0 Å². The predicted molar refractivity (Wildman–Crippen MR) is 146 cm³/mol. The summed E-state index contributed by atoms with van der Waals surface area (Å²) >= 11 is 5.96. The zero-order valence-corrected chi connectivity index (χ0v) is 23.1. The van der Waals surface area contributed by atoms with Crippen LogP contribution in [0.2, 0.25) is 5.02 Å². The zero-order valence-electron chi connectivity index (χ0n) is 21.5. The van der Waals surface area contributed by atoms with E-state index < -0.39 is 15.9 Å². The summed E-state index contributed by atoms with van der Waals surface area (Å²) in [7, 11) is -2.38. The van der Waals surface area contributed by atoms with Crippen LogP contribution in [0, 0.1) is 13.8 Å². The number of hydrogen-bond donors (Lipinski definition) is 1. The fraction of sp³-hybridized carbons (Fsp3) is 0.321. The highest BCUT2D eigenvalue weighted by atomic mass is 35.5. The molecule has 1 atom stereocenters. The third-order valence-corrected chi connectivity index (χ3v) is 8.10. The summed E-state index contributed by atoms with van der Waals surface area (Å²) in [5.41, 5.74) is 4.28. The Morgan fingerprint density at radius 3 is 2.25 bits per heavy atom. The Morgan fingerprint density at radius 1 is 1.00 bits per heavy atom. The SMILES string of the molecule is COc1cc(C)c([C@@H](C)NC(=O)CN(c2cccc(C)c2)S(=O)(=O)c2ccc(Cl)cc2)cc1C(C)C. The van der Waals surface area contributed by atoms with E-state index in [9.17, 15) is 13.2 Å². The number of nitrogens with one attached hydrogen (secondary N) is 1. The van der Waals surface area contributed by atoms with Crippen molar-refractivity contribution >= 4 is 33.2 Å². The first-order valence-electron chi connectivity index (χ1n) is 11.8. The van der Waals surface area contributed by atoms with E-state index in [4.69, 9.17) is 16.3 Å². The van der Waals surface area contributed by atoms with Crippen molar-refractivity contribution in [2.45, 2.75) is 51.5 Å². The number of rotatable bonds is 9. The number of ether oxygens (including phenoxy) is 1. The van der Waals surface area contributed by atoms with Crippen LogP contribution in [0.1, 0.15) is 55.0 Å². The molecule has 0 fully saturated rings. The van der Waals surface area contributed by atoms with Crippen molar-refractivity contribution in [1.29, 1.82) is 0 Å². The van der Waals surface area contributed by atoms with Crippen LogP contribution in [-0.2, 0) is 14.8 Å². The number of methoxy groups -OCH3 is 1. The normalized spacial score (nSPS) is 12.3. The molecule has 0 aliphatic rings. The second kappa shape index (κ2) is 11.4. The van der Waals surface area contributed by atoms with E-state index in [0.717, 1.165) is 32.3 Å². The molecule has 3 aromatic carbocycles. The summed E-state index contributed by atoms with van der Waals surface area (Å²) < 4.78 is 33.8. The molecule has 8 heteroatoms. The maximum Gasteiger partial charge on any atom is 0.264 e. The van der Waals surface area contributed by atoms with Gasteiger partial charge in [-0.15, -0.1) is 0 Å². The van der Waals surface area contributed by atoms with Gasteiger partial charge in [0, 0.05) is 5.02 Å². The lowest BCUT2D eigenvalue weighted by molar-refractivity contribution is -0.120. The predicted octanol–water partition coefficient (Wildman–Crippen LogP) is 6.16. The van der Waals surface area contributed by atoms with E-state index in [1.165, 1.54) is 24.3 Å². The lowest BCUT2D eigenvalue weighted by Gasteiger charge is -2.26. The van der Waals surface area contributed by atoms with Crippen molar-refractivity contribution in [2.24, 2.45) is 0 Å². The second-order valence-corrected chi connectivity index (χ2v) is 11.5. The van der Waals surface area contributed by atoms with Crippen LogP contribution < -0.4 is 14.4 Å². The number of amides is 1. The minimum Gasteiger partial charge on any atom is -0.496 e. The van der Waals surface area contributed by atoms with E-state index in [1.807, 2.05) is 39.0 Å². The van der Waals surface area contributed by atoms with Gasteiger partial charge in [0.2, 0.25) is 5.91 Å². The molecule has 6 nitrogen and oxygen atoms in total. The van der Waals surface area contributed by atoms with Gasteiger partial charge < -0.3 is 10.1 Å². The number of benzene rings is 3. The lowest BCUT2D eigenvalue weighted by atomic mass is 9.93. The largest absolute Gasteiger partial charge is 0.496 e. The summed E-state index contributed by atoms with van der Waals surface area (Å²) in [6, 6.07) is 16.7. The number of halogens is 1. The summed E-state index contributed by atoms with van der Waals surface area (Å²) in [5.74, 6) is 0.635. The molecule has 0 bridgehead atoms. The standard InChI is InChI=1S/C28H33ClN2O4S/c1-18(2)25-16-26(20(4)15-27(25)35-6)21(5)30-28(32)17-31(23-9-7-8-19(3)14-23)36(33,34)24-12-10-22(29)11-13-24/h7-16,18,21H,17H2,1-6H3,(H,30,32)/t21-/m1/s1. The van der Waals surface area contributed by atoms with Gasteiger partial charge in [0.1, 0.15) is 12.3 Å². The first kappa shape index (κ1) is 27.6. The molecule has 0 radical (unpaired) electrons. The second-order valence-electron chi connectivity index (χ2n) is 9.20. The zero-order chi connectivity index (χ0) is 26.6. The van der Waals surface area contributed by atoms with Crippen LogP contribution in [0.25, 0.3) is 0 Å². The number of aryl methyl sites for hydroxylation is 2. The maximum atomic E-state index is 13.6. The van der Waals surface area contributed by atoms with Crippen molar-refractivity contribution in [1.82, 2.24) is 5.32 Å². The van der Waals surface area contributed by atoms with E-state index >= 15 is 0 Å². The minimum atomic E-state index is -4.02. The van der Waals surface area contributed by atoms with E-state index in [1.54, 1.807) is 25.3 Å². The summed E-state index contributed by atoms with van der Waals surface area (Å²) in [6.07, 6.45) is 0. The molecule has 0 unspecified atom stereocenters. The Bertz CT molecular complexity index is 1340. The molecule has 0 saturated heterocycles. The first-order chi connectivity index (χ1) is 16.9. The molecule has 0 heterocycles. The van der Waals surface area contributed by atoms with E-state index in [-0.39, 0.29) is 23.4 Å². The van der Waals surface area contributed by atoms with Crippen LogP contribution >= 0.6 is 11.6 Å². The molecule has 36 heavy (non-hydrogen) atoms. The Kier molecular flexibility index (Phi) is 8.69. The van der Waals surface area contributed by atoms with Crippen molar-refractivity contribution in [3.05, 3.63) is 87.9 Å². The maximum absolute atomic E-state index is 13.6. The number of anilines is 1. The smallest absolute Gasteiger partial charge is 0.264 e. The third kappa shape index (κ3) is 6.20. The van der Waals surface area contributed by atoms with Crippen LogP contribution in [0.3, 0.4) is 0 Å². The van der Waals surface area contributed by atoms with Gasteiger partial charge in [-0.3, -0.25) is 9.10 Å².